The lowest BCUT2D eigenvalue weighted by Crippen LogP contribution is -2.15. The number of thiophene rings is 1. The van der Waals surface area contributed by atoms with Crippen LogP contribution in [0.1, 0.15) is 22.2 Å². The SMILES string of the molecule is CC(=O)c1cnc(N(C)Cc2csc(Br)c2)s1. The Morgan fingerprint density at radius 1 is 1.59 bits per heavy atom. The Hall–Kier alpha value is -0.720. The van der Waals surface area contributed by atoms with Gasteiger partial charge in [-0.1, -0.05) is 11.3 Å². The lowest BCUT2D eigenvalue weighted by molar-refractivity contribution is 0.102. The Morgan fingerprint density at radius 2 is 2.35 bits per heavy atom. The molecule has 2 aromatic heterocycles. The Bertz CT molecular complexity index is 535. The number of hydrogen-bond donors (Lipinski definition) is 0. The van der Waals surface area contributed by atoms with Gasteiger partial charge in [-0.2, -0.15) is 0 Å². The van der Waals surface area contributed by atoms with Crippen molar-refractivity contribution in [2.24, 2.45) is 0 Å². The van der Waals surface area contributed by atoms with Crippen molar-refractivity contribution >= 4 is 49.5 Å². The second-order valence-electron chi connectivity index (χ2n) is 3.68. The fourth-order valence-corrected chi connectivity index (χ4v) is 3.35. The molecule has 0 N–H and O–H groups in total. The Kier molecular flexibility index (Phi) is 3.96. The fraction of sp³-hybridized carbons (Fsp3) is 0.273. The zero-order valence-electron chi connectivity index (χ0n) is 9.44. The molecule has 0 aliphatic rings. The van der Waals surface area contributed by atoms with Gasteiger partial charge in [0, 0.05) is 20.5 Å². The van der Waals surface area contributed by atoms with Crippen LogP contribution in [-0.4, -0.2) is 17.8 Å². The molecule has 0 aliphatic heterocycles. The Labute approximate surface area is 116 Å². The normalized spacial score (nSPS) is 10.5. The second kappa shape index (κ2) is 5.29. The summed E-state index contributed by atoms with van der Waals surface area (Å²) < 4.78 is 1.13. The maximum atomic E-state index is 11.2. The minimum Gasteiger partial charge on any atom is -0.347 e. The summed E-state index contributed by atoms with van der Waals surface area (Å²) in [6, 6.07) is 2.10. The molecule has 0 atom stereocenters. The van der Waals surface area contributed by atoms with E-state index in [0.717, 1.165) is 15.5 Å². The fourth-order valence-electron chi connectivity index (χ4n) is 1.37. The number of ketones is 1. The van der Waals surface area contributed by atoms with Gasteiger partial charge in [0.05, 0.1) is 14.9 Å². The summed E-state index contributed by atoms with van der Waals surface area (Å²) in [5.74, 6) is 0.0698. The van der Waals surface area contributed by atoms with Crippen LogP contribution in [0.25, 0.3) is 0 Å². The molecule has 0 amide bonds. The molecule has 0 unspecified atom stereocenters. The Balaban J connectivity index is 2.08. The minimum atomic E-state index is 0.0698. The number of anilines is 1. The van der Waals surface area contributed by atoms with Gasteiger partial charge in [0.2, 0.25) is 0 Å². The van der Waals surface area contributed by atoms with Gasteiger partial charge in [-0.25, -0.2) is 4.98 Å². The first-order valence-electron chi connectivity index (χ1n) is 4.97. The van der Waals surface area contributed by atoms with Crippen molar-refractivity contribution in [3.05, 3.63) is 31.9 Å². The van der Waals surface area contributed by atoms with Crippen molar-refractivity contribution in [2.45, 2.75) is 13.5 Å². The number of thiazole rings is 1. The molecule has 6 heteroatoms. The van der Waals surface area contributed by atoms with Crippen LogP contribution in [0.5, 0.6) is 0 Å². The number of halogens is 1. The van der Waals surface area contributed by atoms with E-state index in [2.05, 4.69) is 32.4 Å². The lowest BCUT2D eigenvalue weighted by Gasteiger charge is -2.14. The second-order valence-corrected chi connectivity index (χ2v) is 6.98. The maximum absolute atomic E-state index is 11.2. The number of Topliss-reactive ketones (excluding diaryl/α,β-unsaturated/α-hetero) is 1. The predicted molar refractivity (Wildman–Crippen MR) is 76.2 cm³/mol. The summed E-state index contributed by atoms with van der Waals surface area (Å²) in [6.45, 7) is 2.36. The molecule has 3 nitrogen and oxygen atoms in total. The van der Waals surface area contributed by atoms with Crippen LogP contribution in [0.4, 0.5) is 5.13 Å². The van der Waals surface area contributed by atoms with E-state index in [1.165, 1.54) is 16.9 Å². The quantitative estimate of drug-likeness (QED) is 0.799. The van der Waals surface area contributed by atoms with Crippen molar-refractivity contribution < 1.29 is 4.79 Å². The van der Waals surface area contributed by atoms with E-state index in [0.29, 0.717) is 4.88 Å². The molecule has 0 saturated heterocycles. The molecule has 0 fully saturated rings. The van der Waals surface area contributed by atoms with Gasteiger partial charge in [-0.3, -0.25) is 4.79 Å². The third kappa shape index (κ3) is 3.14. The van der Waals surface area contributed by atoms with Gasteiger partial charge in [0.1, 0.15) is 0 Å². The summed E-state index contributed by atoms with van der Waals surface area (Å²) in [7, 11) is 1.98. The molecule has 0 bridgehead atoms. The first-order chi connectivity index (χ1) is 8.06. The number of hydrogen-bond acceptors (Lipinski definition) is 5. The van der Waals surface area contributed by atoms with E-state index >= 15 is 0 Å². The summed E-state index contributed by atoms with van der Waals surface area (Å²) in [4.78, 5) is 18.2. The van der Waals surface area contributed by atoms with Crippen LogP contribution in [-0.2, 0) is 6.54 Å². The van der Waals surface area contributed by atoms with Gasteiger partial charge in [-0.05, 0) is 32.9 Å². The van der Waals surface area contributed by atoms with Crippen LogP contribution in [0.2, 0.25) is 0 Å². The molecule has 0 saturated carbocycles. The highest BCUT2D eigenvalue weighted by Gasteiger charge is 2.10. The van der Waals surface area contributed by atoms with E-state index in [9.17, 15) is 4.79 Å². The number of rotatable bonds is 4. The molecule has 2 rings (SSSR count). The van der Waals surface area contributed by atoms with Crippen LogP contribution < -0.4 is 4.90 Å². The highest BCUT2D eigenvalue weighted by Crippen LogP contribution is 2.26. The first-order valence-corrected chi connectivity index (χ1v) is 7.46. The standard InChI is InChI=1S/C11H11BrN2OS2/c1-7(15)9-4-13-11(17-9)14(2)5-8-3-10(12)16-6-8/h3-4,6H,5H2,1-2H3. The van der Waals surface area contributed by atoms with Gasteiger partial charge >= 0.3 is 0 Å². The highest BCUT2D eigenvalue weighted by atomic mass is 79.9. The maximum Gasteiger partial charge on any atom is 0.185 e. The first kappa shape index (κ1) is 12.7. The highest BCUT2D eigenvalue weighted by molar-refractivity contribution is 9.11. The van der Waals surface area contributed by atoms with E-state index in [-0.39, 0.29) is 5.78 Å². The van der Waals surface area contributed by atoms with Crippen LogP contribution in [0.15, 0.2) is 21.4 Å². The average molecular weight is 331 g/mol. The smallest absolute Gasteiger partial charge is 0.185 e. The largest absolute Gasteiger partial charge is 0.347 e. The van der Waals surface area contributed by atoms with Gasteiger partial charge in [0.15, 0.2) is 10.9 Å². The average Bonchev–Trinajstić information content (AvgIpc) is 2.86. The number of carbonyl (C=O) groups is 1. The topological polar surface area (TPSA) is 33.2 Å². The van der Waals surface area contributed by atoms with Crippen molar-refractivity contribution in [3.8, 4) is 0 Å². The van der Waals surface area contributed by atoms with Crippen molar-refractivity contribution in [3.63, 3.8) is 0 Å². The third-order valence-electron chi connectivity index (χ3n) is 2.21. The summed E-state index contributed by atoms with van der Waals surface area (Å²) >= 11 is 6.55. The predicted octanol–water partition coefficient (Wildman–Crippen LogP) is 3.81. The van der Waals surface area contributed by atoms with Crippen LogP contribution in [0, 0.1) is 0 Å². The van der Waals surface area contributed by atoms with Crippen LogP contribution >= 0.6 is 38.6 Å². The minimum absolute atomic E-state index is 0.0698. The zero-order chi connectivity index (χ0) is 12.4. The summed E-state index contributed by atoms with van der Waals surface area (Å²) in [5.41, 5.74) is 1.24. The monoisotopic (exact) mass is 330 g/mol. The number of aromatic nitrogens is 1. The zero-order valence-corrected chi connectivity index (χ0v) is 12.7. The van der Waals surface area contributed by atoms with Crippen molar-refractivity contribution in [1.29, 1.82) is 0 Å². The number of nitrogens with zero attached hydrogens (tertiary/aromatic N) is 2. The van der Waals surface area contributed by atoms with E-state index < -0.39 is 0 Å². The van der Waals surface area contributed by atoms with E-state index in [4.69, 9.17) is 0 Å². The molecule has 0 radical (unpaired) electrons. The van der Waals surface area contributed by atoms with Crippen molar-refractivity contribution in [2.75, 3.05) is 11.9 Å². The van der Waals surface area contributed by atoms with Gasteiger partial charge < -0.3 is 4.90 Å². The van der Waals surface area contributed by atoms with Crippen molar-refractivity contribution in [1.82, 2.24) is 4.98 Å². The number of carbonyl (C=O) groups excluding carboxylic acids is 1. The Morgan fingerprint density at radius 3 is 2.88 bits per heavy atom. The molecule has 0 spiro atoms. The van der Waals surface area contributed by atoms with E-state index in [1.54, 1.807) is 24.5 Å². The molecular weight excluding hydrogens is 320 g/mol. The summed E-state index contributed by atoms with van der Waals surface area (Å²) in [6.07, 6.45) is 1.64. The lowest BCUT2D eigenvalue weighted by atomic mass is 10.3. The van der Waals surface area contributed by atoms with Crippen LogP contribution in [0.3, 0.4) is 0 Å². The third-order valence-corrected chi connectivity index (χ3v) is 4.97. The van der Waals surface area contributed by atoms with Gasteiger partial charge in [-0.15, -0.1) is 11.3 Å². The molecule has 2 aromatic rings. The summed E-state index contributed by atoms with van der Waals surface area (Å²) in [5, 5.41) is 2.98. The van der Waals surface area contributed by atoms with Gasteiger partial charge in [0.25, 0.3) is 0 Å². The molecule has 90 valence electrons. The molecule has 0 aromatic carbocycles. The van der Waals surface area contributed by atoms with E-state index in [1.807, 2.05) is 11.9 Å². The molecule has 17 heavy (non-hydrogen) atoms. The molecular formula is C11H11BrN2OS2. The molecule has 0 aliphatic carbocycles. The molecule has 2 heterocycles.